The molecule has 0 spiro atoms. The van der Waals surface area contributed by atoms with E-state index < -0.39 is 0 Å². The lowest BCUT2D eigenvalue weighted by molar-refractivity contribution is -0.134. The minimum Gasteiger partial charge on any atom is -0.339 e. The Morgan fingerprint density at radius 1 is 1.33 bits per heavy atom. The first-order valence-electron chi connectivity index (χ1n) is 6.25. The van der Waals surface area contributed by atoms with E-state index in [-0.39, 0.29) is 5.25 Å². The zero-order chi connectivity index (χ0) is 10.7. The van der Waals surface area contributed by atoms with E-state index in [1.54, 1.807) is 0 Å². The Hall–Kier alpha value is -0.180. The second kappa shape index (κ2) is 5.24. The number of amides is 1. The van der Waals surface area contributed by atoms with Gasteiger partial charge in [0, 0.05) is 12.6 Å². The van der Waals surface area contributed by atoms with E-state index in [1.165, 1.54) is 31.4 Å². The minimum absolute atomic E-state index is 0.289. The molecule has 2 unspecified atom stereocenters. The van der Waals surface area contributed by atoms with Crippen LogP contribution in [0.3, 0.4) is 0 Å². The van der Waals surface area contributed by atoms with Crippen molar-refractivity contribution in [3.8, 4) is 0 Å². The summed E-state index contributed by atoms with van der Waals surface area (Å²) < 4.78 is 0. The summed E-state index contributed by atoms with van der Waals surface area (Å²) in [6.07, 6.45) is 7.20. The largest absolute Gasteiger partial charge is 0.339 e. The molecular formula is C12H21NOS. The highest BCUT2D eigenvalue weighted by Crippen LogP contribution is 2.30. The maximum Gasteiger partial charge on any atom is 0.235 e. The number of nitrogens with zero attached hydrogens (tertiary/aromatic N) is 1. The summed E-state index contributed by atoms with van der Waals surface area (Å²) in [6, 6.07) is 0.535. The molecule has 0 aromatic heterocycles. The monoisotopic (exact) mass is 227 g/mol. The van der Waals surface area contributed by atoms with Crippen LogP contribution in [0.5, 0.6) is 0 Å². The van der Waals surface area contributed by atoms with E-state index in [2.05, 4.69) is 11.8 Å². The van der Waals surface area contributed by atoms with Crippen molar-refractivity contribution < 1.29 is 4.79 Å². The van der Waals surface area contributed by atoms with Gasteiger partial charge in [-0.15, -0.1) is 11.8 Å². The molecule has 2 atom stereocenters. The van der Waals surface area contributed by atoms with Crippen molar-refractivity contribution in [2.24, 2.45) is 0 Å². The quantitative estimate of drug-likeness (QED) is 0.723. The van der Waals surface area contributed by atoms with Gasteiger partial charge < -0.3 is 4.90 Å². The van der Waals surface area contributed by atoms with Crippen molar-refractivity contribution in [1.29, 1.82) is 0 Å². The second-order valence-electron chi connectivity index (χ2n) is 4.59. The highest BCUT2D eigenvalue weighted by atomic mass is 32.2. The molecule has 2 aliphatic heterocycles. The molecule has 0 radical (unpaired) electrons. The summed E-state index contributed by atoms with van der Waals surface area (Å²) in [7, 11) is 0. The third-order valence-electron chi connectivity index (χ3n) is 3.59. The van der Waals surface area contributed by atoms with Crippen molar-refractivity contribution in [3.05, 3.63) is 0 Å². The number of rotatable bonds is 2. The van der Waals surface area contributed by atoms with Crippen LogP contribution in [0.15, 0.2) is 0 Å². The molecule has 1 amide bonds. The van der Waals surface area contributed by atoms with Crippen molar-refractivity contribution in [1.82, 2.24) is 4.90 Å². The Balaban J connectivity index is 1.96. The third-order valence-corrected chi connectivity index (χ3v) is 4.95. The fourth-order valence-electron chi connectivity index (χ4n) is 2.67. The Kier molecular flexibility index (Phi) is 3.95. The van der Waals surface area contributed by atoms with Crippen LogP contribution in [-0.4, -0.2) is 34.4 Å². The van der Waals surface area contributed by atoms with E-state index in [0.717, 1.165) is 19.4 Å². The maximum atomic E-state index is 12.3. The van der Waals surface area contributed by atoms with Gasteiger partial charge in [-0.1, -0.05) is 6.92 Å². The zero-order valence-corrected chi connectivity index (χ0v) is 10.4. The maximum absolute atomic E-state index is 12.3. The molecule has 2 saturated heterocycles. The zero-order valence-electron chi connectivity index (χ0n) is 9.58. The third kappa shape index (κ3) is 2.49. The molecule has 2 nitrogen and oxygen atoms in total. The molecular weight excluding hydrogens is 206 g/mol. The molecule has 15 heavy (non-hydrogen) atoms. The van der Waals surface area contributed by atoms with Gasteiger partial charge in [0.1, 0.15) is 0 Å². The summed E-state index contributed by atoms with van der Waals surface area (Å²) >= 11 is 1.87. The van der Waals surface area contributed by atoms with Crippen molar-refractivity contribution in [2.45, 2.75) is 56.7 Å². The Morgan fingerprint density at radius 3 is 2.87 bits per heavy atom. The van der Waals surface area contributed by atoms with Crippen molar-refractivity contribution in [3.63, 3.8) is 0 Å². The molecule has 0 aromatic carbocycles. The molecule has 0 aromatic rings. The van der Waals surface area contributed by atoms with Crippen LogP contribution in [0, 0.1) is 0 Å². The smallest absolute Gasteiger partial charge is 0.235 e. The Labute approximate surface area is 96.8 Å². The summed E-state index contributed by atoms with van der Waals surface area (Å²) in [4.78, 5) is 14.4. The van der Waals surface area contributed by atoms with Crippen LogP contribution >= 0.6 is 11.8 Å². The Morgan fingerprint density at radius 2 is 2.20 bits per heavy atom. The van der Waals surface area contributed by atoms with Gasteiger partial charge in [-0.05, 0) is 44.3 Å². The van der Waals surface area contributed by atoms with Crippen LogP contribution in [-0.2, 0) is 4.79 Å². The number of hydrogen-bond acceptors (Lipinski definition) is 2. The van der Waals surface area contributed by atoms with E-state index in [0.29, 0.717) is 11.9 Å². The number of likely N-dealkylation sites (tertiary alicyclic amines) is 1. The van der Waals surface area contributed by atoms with Crippen LogP contribution in [0.2, 0.25) is 0 Å². The first-order valence-corrected chi connectivity index (χ1v) is 7.30. The van der Waals surface area contributed by atoms with Gasteiger partial charge in [-0.2, -0.15) is 0 Å². The summed E-state index contributed by atoms with van der Waals surface area (Å²) in [5.74, 6) is 1.62. The number of carbonyl (C=O) groups excluding carboxylic acids is 1. The topological polar surface area (TPSA) is 20.3 Å². The SMILES string of the molecule is CCC1CCCCN1C(=O)C1CCCS1. The van der Waals surface area contributed by atoms with Crippen LogP contribution in [0.4, 0.5) is 0 Å². The number of hydrogen-bond donors (Lipinski definition) is 0. The molecule has 2 fully saturated rings. The van der Waals surface area contributed by atoms with Gasteiger partial charge >= 0.3 is 0 Å². The molecule has 2 rings (SSSR count). The molecule has 0 saturated carbocycles. The number of piperidine rings is 1. The second-order valence-corrected chi connectivity index (χ2v) is 5.90. The highest BCUT2D eigenvalue weighted by molar-refractivity contribution is 8.00. The van der Waals surface area contributed by atoms with Gasteiger partial charge in [0.25, 0.3) is 0 Å². The lowest BCUT2D eigenvalue weighted by atomic mass is 9.99. The minimum atomic E-state index is 0.289. The summed E-state index contributed by atoms with van der Waals surface area (Å²) in [5, 5.41) is 0.289. The first-order chi connectivity index (χ1) is 7.33. The normalized spacial score (nSPS) is 31.9. The average Bonchev–Trinajstić information content (AvgIpc) is 2.81. The predicted molar refractivity (Wildman–Crippen MR) is 65.1 cm³/mol. The Bertz CT molecular complexity index is 226. The molecule has 2 heterocycles. The van der Waals surface area contributed by atoms with E-state index >= 15 is 0 Å². The fraction of sp³-hybridized carbons (Fsp3) is 0.917. The van der Waals surface area contributed by atoms with Gasteiger partial charge in [-0.3, -0.25) is 4.79 Å². The molecule has 2 aliphatic rings. The molecule has 0 bridgehead atoms. The van der Waals surface area contributed by atoms with Gasteiger partial charge in [0.2, 0.25) is 5.91 Å². The van der Waals surface area contributed by atoms with Crippen LogP contribution in [0.25, 0.3) is 0 Å². The van der Waals surface area contributed by atoms with E-state index in [4.69, 9.17) is 0 Å². The highest BCUT2D eigenvalue weighted by Gasteiger charge is 2.32. The van der Waals surface area contributed by atoms with E-state index in [9.17, 15) is 4.79 Å². The van der Waals surface area contributed by atoms with Gasteiger partial charge in [0.15, 0.2) is 0 Å². The van der Waals surface area contributed by atoms with Crippen molar-refractivity contribution in [2.75, 3.05) is 12.3 Å². The lowest BCUT2D eigenvalue weighted by Crippen LogP contribution is -2.46. The molecule has 86 valence electrons. The first kappa shape index (κ1) is 11.3. The van der Waals surface area contributed by atoms with Gasteiger partial charge in [0.05, 0.1) is 5.25 Å². The predicted octanol–water partition coefficient (Wildman–Crippen LogP) is 2.67. The average molecular weight is 227 g/mol. The number of carbonyl (C=O) groups is 1. The van der Waals surface area contributed by atoms with Crippen LogP contribution < -0.4 is 0 Å². The lowest BCUT2D eigenvalue weighted by Gasteiger charge is -2.36. The molecule has 3 heteroatoms. The van der Waals surface area contributed by atoms with Crippen LogP contribution in [0.1, 0.15) is 45.4 Å². The molecule has 0 aliphatic carbocycles. The molecule has 0 N–H and O–H groups in total. The number of thioether (sulfide) groups is 1. The van der Waals surface area contributed by atoms with E-state index in [1.807, 2.05) is 11.8 Å². The summed E-state index contributed by atoms with van der Waals surface area (Å²) in [5.41, 5.74) is 0. The van der Waals surface area contributed by atoms with Crippen molar-refractivity contribution >= 4 is 17.7 Å². The summed E-state index contributed by atoms with van der Waals surface area (Å²) in [6.45, 7) is 3.21. The van der Waals surface area contributed by atoms with Gasteiger partial charge in [-0.25, -0.2) is 0 Å². The fourth-order valence-corrected chi connectivity index (χ4v) is 3.90. The standard InChI is InChI=1S/C12H21NOS/c1-2-10-6-3-4-8-13(10)12(14)11-7-5-9-15-11/h10-11H,2-9H2,1H3.